The summed E-state index contributed by atoms with van der Waals surface area (Å²) in [7, 11) is 0. The number of rotatable bonds is 0. The van der Waals surface area contributed by atoms with Crippen molar-refractivity contribution in [1.82, 2.24) is 10.6 Å². The van der Waals surface area contributed by atoms with Crippen molar-refractivity contribution < 1.29 is 0 Å². The number of piperidine rings is 1. The monoisotopic (exact) mass is 200 g/mol. The van der Waals surface area contributed by atoms with Crippen molar-refractivity contribution in [3.8, 4) is 0 Å². The molecule has 3 rings (SSSR count). The molecule has 2 nitrogen and oxygen atoms in total. The Morgan fingerprint density at radius 1 is 1.20 bits per heavy atom. The van der Waals surface area contributed by atoms with E-state index in [1.165, 1.54) is 17.6 Å². The quantitative estimate of drug-likeness (QED) is 0.616. The van der Waals surface area contributed by atoms with E-state index >= 15 is 0 Å². The number of hydrogen-bond donors (Lipinski definition) is 2. The molecule has 0 radical (unpaired) electrons. The molecule has 1 fully saturated rings. The minimum atomic E-state index is 0.409. The Balaban J connectivity index is 1.94. The van der Waals surface area contributed by atoms with Crippen molar-refractivity contribution in [2.24, 2.45) is 0 Å². The van der Waals surface area contributed by atoms with E-state index in [0.29, 0.717) is 12.1 Å². The van der Waals surface area contributed by atoms with E-state index in [2.05, 4.69) is 47.1 Å². The van der Waals surface area contributed by atoms with E-state index in [0.717, 1.165) is 13.1 Å². The summed E-state index contributed by atoms with van der Waals surface area (Å²) in [6.45, 7) is 2.16. The molecule has 2 aliphatic heterocycles. The van der Waals surface area contributed by atoms with Crippen LogP contribution in [0.15, 0.2) is 47.6 Å². The molecule has 0 saturated carbocycles. The highest BCUT2D eigenvalue weighted by Gasteiger charge is 2.26. The van der Waals surface area contributed by atoms with Gasteiger partial charge in [-0.3, -0.25) is 0 Å². The van der Waals surface area contributed by atoms with Gasteiger partial charge in [-0.05, 0) is 24.1 Å². The molecule has 1 aliphatic carbocycles. The average molecular weight is 200 g/mol. The summed E-state index contributed by atoms with van der Waals surface area (Å²) < 4.78 is 0. The summed E-state index contributed by atoms with van der Waals surface area (Å²) in [4.78, 5) is 0. The van der Waals surface area contributed by atoms with Gasteiger partial charge in [0.05, 0.1) is 6.04 Å². The van der Waals surface area contributed by atoms with Crippen LogP contribution in [0.25, 0.3) is 0 Å². The van der Waals surface area contributed by atoms with Crippen molar-refractivity contribution in [3.63, 3.8) is 0 Å². The molecule has 2 unspecified atom stereocenters. The van der Waals surface area contributed by atoms with E-state index in [1.54, 1.807) is 0 Å². The van der Waals surface area contributed by atoms with Gasteiger partial charge in [0, 0.05) is 12.6 Å². The summed E-state index contributed by atoms with van der Waals surface area (Å²) in [5.74, 6) is 0. The standard InChI is InChI=1S/C13H16N2/c1-2-4-10-8-11-9-14-7-6-13(11)15-12(10)5-3-1/h1-5,8,12-15H,6-7,9H2. The summed E-state index contributed by atoms with van der Waals surface area (Å²) in [5, 5.41) is 7.12. The third-order valence-corrected chi connectivity index (χ3v) is 3.29. The molecule has 0 aromatic carbocycles. The fourth-order valence-corrected chi connectivity index (χ4v) is 2.47. The van der Waals surface area contributed by atoms with Crippen molar-refractivity contribution in [2.75, 3.05) is 13.1 Å². The first kappa shape index (κ1) is 9.13. The van der Waals surface area contributed by atoms with Crippen LogP contribution in [-0.4, -0.2) is 25.2 Å². The zero-order valence-electron chi connectivity index (χ0n) is 8.74. The summed E-state index contributed by atoms with van der Waals surface area (Å²) in [5.41, 5.74) is 2.89. The molecule has 2 heterocycles. The van der Waals surface area contributed by atoms with Crippen molar-refractivity contribution in [1.29, 1.82) is 0 Å². The van der Waals surface area contributed by atoms with E-state index in [-0.39, 0.29) is 0 Å². The van der Waals surface area contributed by atoms with Crippen LogP contribution in [0.5, 0.6) is 0 Å². The first-order chi connectivity index (χ1) is 7.43. The Hall–Kier alpha value is -1.12. The summed E-state index contributed by atoms with van der Waals surface area (Å²) in [6.07, 6.45) is 14.3. The van der Waals surface area contributed by atoms with Gasteiger partial charge in [-0.2, -0.15) is 0 Å². The third kappa shape index (κ3) is 1.71. The lowest BCUT2D eigenvalue weighted by molar-refractivity contribution is 0.443. The van der Waals surface area contributed by atoms with Gasteiger partial charge in [-0.25, -0.2) is 0 Å². The molecule has 2 atom stereocenters. The molecule has 0 bridgehead atoms. The van der Waals surface area contributed by atoms with E-state index in [1.807, 2.05) is 0 Å². The molecular formula is C13H16N2. The predicted octanol–water partition coefficient (Wildman–Crippen LogP) is 1.30. The fourth-order valence-electron chi connectivity index (χ4n) is 2.47. The first-order valence-electron chi connectivity index (χ1n) is 5.66. The Morgan fingerprint density at radius 3 is 3.20 bits per heavy atom. The van der Waals surface area contributed by atoms with E-state index in [9.17, 15) is 0 Å². The van der Waals surface area contributed by atoms with E-state index in [4.69, 9.17) is 0 Å². The second kappa shape index (κ2) is 3.80. The maximum Gasteiger partial charge on any atom is 0.0513 e. The number of nitrogens with one attached hydrogen (secondary N) is 2. The summed E-state index contributed by atoms with van der Waals surface area (Å²) >= 11 is 0. The Bertz CT molecular complexity index is 374. The van der Waals surface area contributed by atoms with Crippen molar-refractivity contribution in [2.45, 2.75) is 18.5 Å². The number of fused-ring (bicyclic) bond motifs is 2. The molecule has 0 aromatic rings. The van der Waals surface area contributed by atoms with Crippen LogP contribution < -0.4 is 10.6 Å². The minimum Gasteiger partial charge on any atom is -0.313 e. The van der Waals surface area contributed by atoms with Crippen LogP contribution in [0, 0.1) is 0 Å². The lowest BCUT2D eigenvalue weighted by atomic mass is 9.89. The topological polar surface area (TPSA) is 24.1 Å². The molecule has 2 N–H and O–H groups in total. The fraction of sp³-hybridized carbons (Fsp3) is 0.385. The van der Waals surface area contributed by atoms with Gasteiger partial charge in [-0.1, -0.05) is 36.5 Å². The molecule has 78 valence electrons. The van der Waals surface area contributed by atoms with Crippen LogP contribution in [0.4, 0.5) is 0 Å². The Kier molecular flexibility index (Phi) is 2.31. The highest BCUT2D eigenvalue weighted by Crippen LogP contribution is 2.23. The normalized spacial score (nSPS) is 33.6. The molecule has 2 heteroatoms. The van der Waals surface area contributed by atoms with Crippen molar-refractivity contribution in [3.05, 3.63) is 47.6 Å². The first-order valence-corrected chi connectivity index (χ1v) is 5.66. The van der Waals surface area contributed by atoms with E-state index < -0.39 is 0 Å². The third-order valence-electron chi connectivity index (χ3n) is 3.29. The molecule has 15 heavy (non-hydrogen) atoms. The smallest absolute Gasteiger partial charge is 0.0513 e. The molecule has 0 aromatic heterocycles. The average Bonchev–Trinajstić information content (AvgIpc) is 2.50. The molecule has 0 amide bonds. The Morgan fingerprint density at radius 2 is 2.20 bits per heavy atom. The lowest BCUT2D eigenvalue weighted by Gasteiger charge is -2.35. The van der Waals surface area contributed by atoms with Gasteiger partial charge < -0.3 is 10.6 Å². The van der Waals surface area contributed by atoms with Crippen LogP contribution in [0.3, 0.4) is 0 Å². The zero-order valence-corrected chi connectivity index (χ0v) is 8.74. The van der Waals surface area contributed by atoms with Gasteiger partial charge >= 0.3 is 0 Å². The second-order valence-corrected chi connectivity index (χ2v) is 4.32. The second-order valence-electron chi connectivity index (χ2n) is 4.32. The SMILES string of the molecule is C1=CC=C2C=C3CNCCC3NC2C=C1. The van der Waals surface area contributed by atoms with Crippen molar-refractivity contribution >= 4 is 0 Å². The molecule has 3 aliphatic rings. The highest BCUT2D eigenvalue weighted by molar-refractivity contribution is 5.43. The highest BCUT2D eigenvalue weighted by atomic mass is 15.0. The van der Waals surface area contributed by atoms with Crippen LogP contribution in [-0.2, 0) is 0 Å². The van der Waals surface area contributed by atoms with Gasteiger partial charge in [0.15, 0.2) is 0 Å². The lowest BCUT2D eigenvalue weighted by Crippen LogP contribution is -2.49. The predicted molar refractivity (Wildman–Crippen MR) is 62.6 cm³/mol. The number of allylic oxidation sites excluding steroid dienone is 4. The van der Waals surface area contributed by atoms with Gasteiger partial charge in [0.2, 0.25) is 0 Å². The van der Waals surface area contributed by atoms with Gasteiger partial charge in [0.1, 0.15) is 0 Å². The molecular weight excluding hydrogens is 184 g/mol. The summed E-state index contributed by atoms with van der Waals surface area (Å²) in [6, 6.07) is 0.989. The van der Waals surface area contributed by atoms with Gasteiger partial charge in [0.25, 0.3) is 0 Å². The van der Waals surface area contributed by atoms with Crippen LogP contribution in [0.1, 0.15) is 6.42 Å². The minimum absolute atomic E-state index is 0.409. The zero-order chi connectivity index (χ0) is 10.1. The van der Waals surface area contributed by atoms with Gasteiger partial charge in [-0.15, -0.1) is 0 Å². The maximum absolute atomic E-state index is 3.69. The Labute approximate surface area is 90.4 Å². The van der Waals surface area contributed by atoms with Crippen LogP contribution >= 0.6 is 0 Å². The number of hydrogen-bond acceptors (Lipinski definition) is 2. The maximum atomic E-state index is 3.69. The largest absolute Gasteiger partial charge is 0.313 e. The van der Waals surface area contributed by atoms with Crippen LogP contribution in [0.2, 0.25) is 0 Å². The molecule has 0 spiro atoms. The molecule has 1 saturated heterocycles.